The maximum atomic E-state index is 13.0. The number of pyridine rings is 1. The van der Waals surface area contributed by atoms with Crippen molar-refractivity contribution in [3.8, 4) is 0 Å². The highest BCUT2D eigenvalue weighted by Gasteiger charge is 2.43. The predicted molar refractivity (Wildman–Crippen MR) is 94.5 cm³/mol. The molecule has 1 N–H and O–H groups in total. The van der Waals surface area contributed by atoms with Crippen molar-refractivity contribution in [3.63, 3.8) is 0 Å². The number of ketones is 1. The molecule has 1 atom stereocenters. The smallest absolute Gasteiger partial charge is 0.336 e. The molecule has 0 fully saturated rings. The molecule has 1 aromatic heterocycles. The summed E-state index contributed by atoms with van der Waals surface area (Å²) in [6.45, 7) is 8.10. The molecule has 0 radical (unpaired) electrons. The minimum atomic E-state index is -0.472. The van der Waals surface area contributed by atoms with Gasteiger partial charge in [0, 0.05) is 29.6 Å². The summed E-state index contributed by atoms with van der Waals surface area (Å²) >= 11 is 0. The van der Waals surface area contributed by atoms with Gasteiger partial charge in [-0.3, -0.25) is 9.78 Å². The molecule has 2 aliphatic rings. The number of dihydropyridines is 1. The number of hydrogen-bond donors (Lipinski definition) is 1. The summed E-state index contributed by atoms with van der Waals surface area (Å²) in [5.41, 5.74) is 3.38. The Bertz CT molecular complexity index is 775. The van der Waals surface area contributed by atoms with Crippen LogP contribution in [0.2, 0.25) is 0 Å². The molecule has 0 bridgehead atoms. The molecule has 3 rings (SSSR count). The molecule has 2 heterocycles. The van der Waals surface area contributed by atoms with E-state index in [0.717, 1.165) is 17.8 Å². The molecule has 1 aliphatic carbocycles. The van der Waals surface area contributed by atoms with E-state index in [4.69, 9.17) is 4.74 Å². The Morgan fingerprint density at radius 1 is 1.36 bits per heavy atom. The lowest BCUT2D eigenvalue weighted by Gasteiger charge is -2.39. The third kappa shape index (κ3) is 3.23. The summed E-state index contributed by atoms with van der Waals surface area (Å²) < 4.78 is 5.26. The van der Waals surface area contributed by atoms with E-state index >= 15 is 0 Å². The molecule has 0 saturated heterocycles. The van der Waals surface area contributed by atoms with Gasteiger partial charge in [-0.25, -0.2) is 4.79 Å². The monoisotopic (exact) mass is 340 g/mol. The lowest BCUT2D eigenvalue weighted by molar-refractivity contribution is -0.138. The maximum absolute atomic E-state index is 13.0. The van der Waals surface area contributed by atoms with E-state index in [0.29, 0.717) is 23.3 Å². The van der Waals surface area contributed by atoms with Crippen LogP contribution in [0.1, 0.15) is 52.1 Å². The number of rotatable bonds is 3. The van der Waals surface area contributed by atoms with E-state index in [-0.39, 0.29) is 17.8 Å². The topological polar surface area (TPSA) is 68.3 Å². The van der Waals surface area contributed by atoms with Gasteiger partial charge in [0.15, 0.2) is 5.78 Å². The van der Waals surface area contributed by atoms with E-state index in [1.54, 1.807) is 13.1 Å². The van der Waals surface area contributed by atoms with E-state index in [2.05, 4.69) is 24.1 Å². The van der Waals surface area contributed by atoms with Crippen molar-refractivity contribution in [1.82, 2.24) is 10.3 Å². The fourth-order valence-electron chi connectivity index (χ4n) is 3.76. The highest BCUT2D eigenvalue weighted by atomic mass is 16.5. The number of nitrogens with one attached hydrogen (secondary N) is 1. The maximum Gasteiger partial charge on any atom is 0.336 e. The largest absolute Gasteiger partial charge is 0.463 e. The molecular weight excluding hydrogens is 316 g/mol. The first-order chi connectivity index (χ1) is 11.8. The molecule has 0 saturated carbocycles. The van der Waals surface area contributed by atoms with Crippen LogP contribution in [0.5, 0.6) is 0 Å². The van der Waals surface area contributed by atoms with Crippen molar-refractivity contribution in [2.45, 2.75) is 46.5 Å². The Labute approximate surface area is 148 Å². The number of aromatic nitrogens is 1. The van der Waals surface area contributed by atoms with Crippen LogP contribution in [0, 0.1) is 5.41 Å². The van der Waals surface area contributed by atoms with Crippen LogP contribution in [0.4, 0.5) is 0 Å². The van der Waals surface area contributed by atoms with Crippen LogP contribution in [0.15, 0.2) is 46.9 Å². The minimum Gasteiger partial charge on any atom is -0.463 e. The number of ether oxygens (including phenoxy) is 1. The Balaban J connectivity index is 2.16. The molecule has 25 heavy (non-hydrogen) atoms. The van der Waals surface area contributed by atoms with Crippen LogP contribution in [-0.4, -0.2) is 23.3 Å². The number of Topliss-reactive ketones (excluding diaryl/α,β-unsaturated/α-hetero) is 1. The SMILES string of the molecule is CCOC(=O)C1=C(C)NC2=C(C(=O)CC(C)(C)C2)[C@H]1c1ccccn1. The van der Waals surface area contributed by atoms with E-state index in [1.807, 2.05) is 25.1 Å². The normalized spacial score (nSPS) is 22.4. The number of nitrogens with zero attached hydrogens (tertiary/aromatic N) is 1. The molecular formula is C20H24N2O3. The summed E-state index contributed by atoms with van der Waals surface area (Å²) in [7, 11) is 0. The lowest BCUT2D eigenvalue weighted by atomic mass is 9.69. The van der Waals surface area contributed by atoms with Crippen molar-refractivity contribution >= 4 is 11.8 Å². The number of carbonyl (C=O) groups is 2. The van der Waals surface area contributed by atoms with E-state index in [9.17, 15) is 9.59 Å². The summed E-state index contributed by atoms with van der Waals surface area (Å²) in [5, 5.41) is 3.30. The molecule has 1 aliphatic heterocycles. The van der Waals surface area contributed by atoms with Gasteiger partial charge in [-0.1, -0.05) is 19.9 Å². The fourth-order valence-corrected chi connectivity index (χ4v) is 3.76. The molecule has 0 unspecified atom stereocenters. The molecule has 0 spiro atoms. The zero-order valence-electron chi connectivity index (χ0n) is 15.2. The van der Waals surface area contributed by atoms with Crippen molar-refractivity contribution in [3.05, 3.63) is 52.6 Å². The molecule has 132 valence electrons. The lowest BCUT2D eigenvalue weighted by Crippen LogP contribution is -2.38. The Kier molecular flexibility index (Phi) is 4.50. The van der Waals surface area contributed by atoms with Crippen molar-refractivity contribution in [1.29, 1.82) is 0 Å². The van der Waals surface area contributed by atoms with Gasteiger partial charge in [0.05, 0.1) is 23.8 Å². The first-order valence-electron chi connectivity index (χ1n) is 8.66. The van der Waals surface area contributed by atoms with Crippen LogP contribution < -0.4 is 5.32 Å². The van der Waals surface area contributed by atoms with Crippen LogP contribution in [0.3, 0.4) is 0 Å². The first kappa shape index (κ1) is 17.4. The van der Waals surface area contributed by atoms with Gasteiger partial charge in [-0.05, 0) is 37.8 Å². The predicted octanol–water partition coefficient (Wildman–Crippen LogP) is 3.25. The Morgan fingerprint density at radius 2 is 2.12 bits per heavy atom. The summed E-state index contributed by atoms with van der Waals surface area (Å²) in [6.07, 6.45) is 2.92. The molecule has 1 aromatic rings. The summed E-state index contributed by atoms with van der Waals surface area (Å²) in [4.78, 5) is 30.0. The Morgan fingerprint density at radius 3 is 2.76 bits per heavy atom. The van der Waals surface area contributed by atoms with Gasteiger partial charge in [0.25, 0.3) is 0 Å². The van der Waals surface area contributed by atoms with E-state index < -0.39 is 11.9 Å². The quantitative estimate of drug-likeness (QED) is 0.856. The number of hydrogen-bond acceptors (Lipinski definition) is 5. The van der Waals surface area contributed by atoms with Crippen molar-refractivity contribution in [2.75, 3.05) is 6.61 Å². The van der Waals surface area contributed by atoms with Gasteiger partial charge in [0.1, 0.15) is 0 Å². The molecule has 5 heteroatoms. The second kappa shape index (κ2) is 6.47. The third-order valence-electron chi connectivity index (χ3n) is 4.72. The number of carbonyl (C=O) groups excluding carboxylic acids is 2. The number of esters is 1. The zero-order valence-corrected chi connectivity index (χ0v) is 15.2. The number of allylic oxidation sites excluding steroid dienone is 3. The average Bonchev–Trinajstić information content (AvgIpc) is 2.53. The average molecular weight is 340 g/mol. The van der Waals surface area contributed by atoms with E-state index in [1.165, 1.54) is 0 Å². The first-order valence-corrected chi connectivity index (χ1v) is 8.66. The Hall–Kier alpha value is -2.43. The van der Waals surface area contributed by atoms with Crippen LogP contribution >= 0.6 is 0 Å². The van der Waals surface area contributed by atoms with Gasteiger partial charge in [0.2, 0.25) is 0 Å². The highest BCUT2D eigenvalue weighted by Crippen LogP contribution is 2.46. The summed E-state index contributed by atoms with van der Waals surface area (Å²) in [5.74, 6) is -0.795. The van der Waals surface area contributed by atoms with Gasteiger partial charge >= 0.3 is 5.97 Å². The van der Waals surface area contributed by atoms with Gasteiger partial charge in [-0.2, -0.15) is 0 Å². The van der Waals surface area contributed by atoms with Crippen LogP contribution in [0.25, 0.3) is 0 Å². The van der Waals surface area contributed by atoms with Crippen molar-refractivity contribution < 1.29 is 14.3 Å². The third-order valence-corrected chi connectivity index (χ3v) is 4.72. The minimum absolute atomic E-state index is 0.0729. The molecule has 5 nitrogen and oxygen atoms in total. The molecule has 0 amide bonds. The second-order valence-corrected chi connectivity index (χ2v) is 7.40. The van der Waals surface area contributed by atoms with Crippen molar-refractivity contribution in [2.24, 2.45) is 5.41 Å². The zero-order chi connectivity index (χ0) is 18.2. The molecule has 0 aromatic carbocycles. The second-order valence-electron chi connectivity index (χ2n) is 7.40. The van der Waals surface area contributed by atoms with Gasteiger partial charge in [-0.15, -0.1) is 0 Å². The van der Waals surface area contributed by atoms with Crippen LogP contribution in [-0.2, 0) is 14.3 Å². The highest BCUT2D eigenvalue weighted by molar-refractivity contribution is 6.04. The standard InChI is InChI=1S/C20H24N2O3/c1-5-25-19(24)16-12(2)22-14-10-20(3,4)11-15(23)17(14)18(16)13-8-6-7-9-21-13/h6-9,18,22H,5,10-11H2,1-4H3/t18-/m0/s1. The summed E-state index contributed by atoms with van der Waals surface area (Å²) in [6, 6.07) is 5.56. The fraction of sp³-hybridized carbons (Fsp3) is 0.450. The van der Waals surface area contributed by atoms with Gasteiger partial charge < -0.3 is 10.1 Å².